The van der Waals surface area contributed by atoms with Crippen LogP contribution < -0.4 is 15.4 Å². The van der Waals surface area contributed by atoms with Crippen LogP contribution in [-0.4, -0.2) is 65.5 Å². The minimum absolute atomic E-state index is 0.00398. The topological polar surface area (TPSA) is 115 Å². The summed E-state index contributed by atoms with van der Waals surface area (Å²) in [6.07, 6.45) is 11.7. The van der Waals surface area contributed by atoms with E-state index in [1.807, 2.05) is 23.6 Å². The molecule has 2 aliphatic carbocycles. The molecule has 1 aromatic carbocycles. The van der Waals surface area contributed by atoms with E-state index in [0.717, 1.165) is 49.8 Å². The van der Waals surface area contributed by atoms with Crippen LogP contribution in [0.2, 0.25) is 5.02 Å². The molecule has 2 aromatic rings. The fourth-order valence-corrected chi connectivity index (χ4v) is 7.58. The minimum Gasteiger partial charge on any atom is -0.409 e. The lowest BCUT2D eigenvalue weighted by Crippen LogP contribution is -2.64. The van der Waals surface area contributed by atoms with Gasteiger partial charge < -0.3 is 25.2 Å². The van der Waals surface area contributed by atoms with Crippen molar-refractivity contribution in [2.75, 3.05) is 19.6 Å². The summed E-state index contributed by atoms with van der Waals surface area (Å²) in [4.78, 5) is 45.5. The summed E-state index contributed by atoms with van der Waals surface area (Å²) in [6, 6.07) is 9.60. The number of carbonyl (C=O) groups is 3. The van der Waals surface area contributed by atoms with Crippen LogP contribution in [-0.2, 0) is 16.1 Å². The Morgan fingerprint density at radius 2 is 1.77 bits per heavy atom. The molecule has 5 rings (SSSR count). The summed E-state index contributed by atoms with van der Waals surface area (Å²) in [5.74, 6) is 0.209. The molecule has 44 heavy (non-hydrogen) atoms. The average molecular weight is 640 g/mol. The van der Waals surface area contributed by atoms with Crippen molar-refractivity contribution >= 4 is 40.8 Å². The zero-order chi connectivity index (χ0) is 30.9. The number of rotatable bonds is 9. The number of nitrogens with one attached hydrogen (secondary N) is 2. The largest absolute Gasteiger partial charge is 0.415 e. The molecule has 1 aromatic heterocycles. The molecule has 3 aliphatic rings. The van der Waals surface area contributed by atoms with Crippen LogP contribution in [0.5, 0.6) is 5.75 Å². The van der Waals surface area contributed by atoms with Gasteiger partial charge in [0.1, 0.15) is 17.1 Å². The molecule has 2 saturated carbocycles. The number of hydrogen-bond acceptors (Lipinski definition) is 7. The Morgan fingerprint density at radius 1 is 1.02 bits per heavy atom. The third kappa shape index (κ3) is 8.32. The van der Waals surface area contributed by atoms with Gasteiger partial charge in [-0.25, -0.2) is 4.79 Å². The molecule has 2 heterocycles. The first-order valence-electron chi connectivity index (χ1n) is 15.9. The number of benzene rings is 1. The highest BCUT2D eigenvalue weighted by Crippen LogP contribution is 2.30. The molecule has 1 saturated heterocycles. The van der Waals surface area contributed by atoms with Gasteiger partial charge in [0.2, 0.25) is 11.8 Å². The number of nitriles is 1. The Morgan fingerprint density at radius 3 is 2.48 bits per heavy atom. The molecule has 9 nitrogen and oxygen atoms in total. The van der Waals surface area contributed by atoms with E-state index >= 15 is 0 Å². The summed E-state index contributed by atoms with van der Waals surface area (Å²) in [7, 11) is 0. The zero-order valence-electron chi connectivity index (χ0n) is 25.1. The van der Waals surface area contributed by atoms with Crippen molar-refractivity contribution in [3.8, 4) is 11.8 Å². The van der Waals surface area contributed by atoms with Crippen molar-refractivity contribution in [2.24, 2.45) is 5.92 Å². The lowest BCUT2D eigenvalue weighted by molar-refractivity contribution is -0.145. The molecule has 1 aliphatic heterocycles. The molecular formula is C33H42ClN5O4S. The Hall–Kier alpha value is -3.13. The maximum Gasteiger partial charge on any atom is 0.415 e. The normalized spacial score (nSPS) is 20.5. The number of hydrogen-bond donors (Lipinski definition) is 2. The Bertz CT molecular complexity index is 1300. The monoisotopic (exact) mass is 639 g/mol. The minimum atomic E-state index is -0.869. The Balaban J connectivity index is 1.33. The van der Waals surface area contributed by atoms with Gasteiger partial charge in [0.15, 0.2) is 5.75 Å². The average Bonchev–Trinajstić information content (AvgIpc) is 3.58. The van der Waals surface area contributed by atoms with Gasteiger partial charge >= 0.3 is 6.09 Å². The molecule has 0 radical (unpaired) electrons. The van der Waals surface area contributed by atoms with Crippen LogP contribution in [0.3, 0.4) is 0 Å². The molecule has 11 heteroatoms. The van der Waals surface area contributed by atoms with Gasteiger partial charge in [0.25, 0.3) is 0 Å². The SMILES string of the molecule is N#Cc1cccc(OC(=O)N2CCN(C(=O)[C@@H](CC3CCCCC3)NC3CCCCC3)[C@H](C(=O)NCc3cccs3)C2)c1Cl. The van der Waals surface area contributed by atoms with Gasteiger partial charge in [0.05, 0.1) is 24.7 Å². The van der Waals surface area contributed by atoms with E-state index in [1.54, 1.807) is 28.4 Å². The van der Waals surface area contributed by atoms with Crippen LogP contribution in [0.4, 0.5) is 4.79 Å². The first-order valence-corrected chi connectivity index (χ1v) is 17.2. The second-order valence-electron chi connectivity index (χ2n) is 12.2. The van der Waals surface area contributed by atoms with Gasteiger partial charge in [-0.15, -0.1) is 11.3 Å². The van der Waals surface area contributed by atoms with Gasteiger partial charge in [0, 0.05) is 24.0 Å². The number of halogens is 1. The maximum absolute atomic E-state index is 14.4. The Kier molecular flexibility index (Phi) is 11.5. The van der Waals surface area contributed by atoms with E-state index in [1.165, 1.54) is 36.6 Å². The fraction of sp³-hybridized carbons (Fsp3) is 0.576. The number of thiophene rings is 1. The third-order valence-electron chi connectivity index (χ3n) is 9.16. The summed E-state index contributed by atoms with van der Waals surface area (Å²) in [6.45, 7) is 0.775. The summed E-state index contributed by atoms with van der Waals surface area (Å²) < 4.78 is 5.58. The number of nitrogens with zero attached hydrogens (tertiary/aromatic N) is 3. The number of piperazine rings is 1. The van der Waals surface area contributed by atoms with Crippen LogP contribution in [0.1, 0.15) is 81.1 Å². The van der Waals surface area contributed by atoms with E-state index in [4.69, 9.17) is 16.3 Å². The standard InChI is InChI=1S/C33H42ClN5O4S/c34-30-24(20-35)11-7-15-29(30)43-33(42)38-16-17-39(28(22-38)31(40)36-21-26-14-8-18-44-26)32(41)27(19-23-9-3-1-4-10-23)37-25-12-5-2-6-13-25/h7-8,11,14-15,18,23,25,27-28,37H,1-6,9-10,12-13,16-17,19,21-22H2,(H,36,40)/t27-,28+/m1/s1. The predicted octanol–water partition coefficient (Wildman–Crippen LogP) is 5.86. The van der Waals surface area contributed by atoms with Gasteiger partial charge in [-0.05, 0) is 48.8 Å². The molecule has 3 fully saturated rings. The van der Waals surface area contributed by atoms with Crippen molar-refractivity contribution in [1.82, 2.24) is 20.4 Å². The van der Waals surface area contributed by atoms with Gasteiger partial charge in [-0.1, -0.05) is 75.1 Å². The van der Waals surface area contributed by atoms with E-state index in [0.29, 0.717) is 18.5 Å². The Labute approximate surface area is 268 Å². The fourth-order valence-electron chi connectivity index (χ4n) is 6.73. The van der Waals surface area contributed by atoms with Crippen LogP contribution in [0, 0.1) is 17.2 Å². The molecular weight excluding hydrogens is 598 g/mol. The van der Waals surface area contributed by atoms with Crippen LogP contribution in [0.15, 0.2) is 35.7 Å². The highest BCUT2D eigenvalue weighted by Gasteiger charge is 2.41. The molecule has 2 atom stereocenters. The highest BCUT2D eigenvalue weighted by molar-refractivity contribution is 7.09. The number of amides is 3. The van der Waals surface area contributed by atoms with Crippen molar-refractivity contribution in [2.45, 2.75) is 95.3 Å². The van der Waals surface area contributed by atoms with Gasteiger partial charge in [-0.3, -0.25) is 9.59 Å². The smallest absolute Gasteiger partial charge is 0.409 e. The lowest BCUT2D eigenvalue weighted by Gasteiger charge is -2.42. The zero-order valence-corrected chi connectivity index (χ0v) is 26.7. The molecule has 3 amide bonds. The second-order valence-corrected chi connectivity index (χ2v) is 13.6. The van der Waals surface area contributed by atoms with E-state index in [9.17, 15) is 19.6 Å². The predicted molar refractivity (Wildman–Crippen MR) is 170 cm³/mol. The molecule has 0 bridgehead atoms. The first-order chi connectivity index (χ1) is 21.4. The summed E-state index contributed by atoms with van der Waals surface area (Å²) in [5.41, 5.74) is 0.202. The van der Waals surface area contributed by atoms with Crippen molar-refractivity contribution in [1.29, 1.82) is 5.26 Å². The van der Waals surface area contributed by atoms with E-state index < -0.39 is 12.1 Å². The van der Waals surface area contributed by atoms with Crippen molar-refractivity contribution in [3.63, 3.8) is 0 Å². The summed E-state index contributed by atoms with van der Waals surface area (Å²) in [5, 5.41) is 18.0. The van der Waals surface area contributed by atoms with Crippen LogP contribution in [0.25, 0.3) is 0 Å². The maximum atomic E-state index is 14.4. The van der Waals surface area contributed by atoms with Crippen LogP contribution >= 0.6 is 22.9 Å². The van der Waals surface area contributed by atoms with Crippen molar-refractivity contribution < 1.29 is 19.1 Å². The molecule has 0 unspecified atom stereocenters. The molecule has 0 spiro atoms. The highest BCUT2D eigenvalue weighted by atomic mass is 35.5. The lowest BCUT2D eigenvalue weighted by atomic mass is 9.83. The quantitative estimate of drug-likeness (QED) is 0.355. The van der Waals surface area contributed by atoms with Gasteiger partial charge in [-0.2, -0.15) is 5.26 Å². The molecule has 2 N–H and O–H groups in total. The van der Waals surface area contributed by atoms with E-state index in [-0.39, 0.29) is 53.8 Å². The van der Waals surface area contributed by atoms with E-state index in [2.05, 4.69) is 10.6 Å². The first kappa shape index (κ1) is 32.3. The third-order valence-corrected chi connectivity index (χ3v) is 10.4. The number of carbonyl (C=O) groups excluding carboxylic acids is 3. The summed E-state index contributed by atoms with van der Waals surface area (Å²) >= 11 is 7.83. The van der Waals surface area contributed by atoms with Crippen molar-refractivity contribution in [3.05, 3.63) is 51.2 Å². The second kappa shape index (κ2) is 15.7. The molecule has 236 valence electrons. The number of ether oxygens (including phenoxy) is 1.